The maximum absolute atomic E-state index is 12.4. The minimum absolute atomic E-state index is 0.0137. The van der Waals surface area contributed by atoms with Gasteiger partial charge in [-0.2, -0.15) is 0 Å². The summed E-state index contributed by atoms with van der Waals surface area (Å²) in [4.78, 5) is 26.2. The van der Waals surface area contributed by atoms with Gasteiger partial charge in [0.15, 0.2) is 11.8 Å². The summed E-state index contributed by atoms with van der Waals surface area (Å²) in [6, 6.07) is 10.9. The number of hydrogen-bond donors (Lipinski definition) is 2. The summed E-state index contributed by atoms with van der Waals surface area (Å²) in [5.41, 5.74) is 1.25. The van der Waals surface area contributed by atoms with Gasteiger partial charge in [0.25, 0.3) is 5.91 Å². The summed E-state index contributed by atoms with van der Waals surface area (Å²) in [7, 11) is 2.00. The fourth-order valence-electron chi connectivity index (χ4n) is 2.16. The van der Waals surface area contributed by atoms with E-state index in [1.165, 1.54) is 11.8 Å². The highest BCUT2D eigenvalue weighted by Crippen LogP contribution is 2.21. The quantitative estimate of drug-likeness (QED) is 0.738. The van der Waals surface area contributed by atoms with Crippen molar-refractivity contribution in [3.8, 4) is 0 Å². The van der Waals surface area contributed by atoms with E-state index in [0.29, 0.717) is 11.3 Å². The predicted octanol–water partition coefficient (Wildman–Crippen LogP) is 2.76. The van der Waals surface area contributed by atoms with Crippen LogP contribution in [-0.4, -0.2) is 24.8 Å². The molecule has 0 radical (unpaired) electrons. The van der Waals surface area contributed by atoms with Gasteiger partial charge in [0.2, 0.25) is 0 Å². The number of halogens is 1. The lowest BCUT2D eigenvalue weighted by Gasteiger charge is -2.20. The van der Waals surface area contributed by atoms with Crippen molar-refractivity contribution in [2.75, 3.05) is 12.4 Å². The first-order chi connectivity index (χ1) is 10.9. The SMILES string of the molecule is CC(=O)c1cccc(NC(=O)[C@H](C)[NH+](C)Cc2ccc(Br)s2)c1. The van der Waals surface area contributed by atoms with Crippen LogP contribution in [-0.2, 0) is 11.3 Å². The molecule has 0 fully saturated rings. The van der Waals surface area contributed by atoms with Crippen LogP contribution in [0.2, 0.25) is 0 Å². The predicted molar refractivity (Wildman–Crippen MR) is 97.1 cm³/mol. The van der Waals surface area contributed by atoms with E-state index in [-0.39, 0.29) is 17.7 Å². The van der Waals surface area contributed by atoms with Crippen molar-refractivity contribution in [2.24, 2.45) is 0 Å². The van der Waals surface area contributed by atoms with Gasteiger partial charge in [-0.25, -0.2) is 0 Å². The van der Waals surface area contributed by atoms with Crippen LogP contribution in [0, 0.1) is 0 Å². The minimum Gasteiger partial charge on any atom is -0.323 e. The van der Waals surface area contributed by atoms with Crippen molar-refractivity contribution >= 4 is 44.6 Å². The van der Waals surface area contributed by atoms with Gasteiger partial charge in [0.05, 0.1) is 15.7 Å². The number of quaternary nitrogens is 1. The van der Waals surface area contributed by atoms with Crippen molar-refractivity contribution in [1.29, 1.82) is 0 Å². The molecule has 0 aliphatic rings. The second-order valence-corrected chi connectivity index (χ2v) is 8.12. The van der Waals surface area contributed by atoms with Gasteiger partial charge in [0.1, 0.15) is 6.54 Å². The molecule has 23 heavy (non-hydrogen) atoms. The van der Waals surface area contributed by atoms with Gasteiger partial charge in [0, 0.05) is 11.3 Å². The van der Waals surface area contributed by atoms with E-state index in [2.05, 4.69) is 27.3 Å². The van der Waals surface area contributed by atoms with Crippen molar-refractivity contribution in [1.82, 2.24) is 0 Å². The monoisotopic (exact) mass is 395 g/mol. The third-order valence-electron chi connectivity index (χ3n) is 3.75. The van der Waals surface area contributed by atoms with E-state index in [0.717, 1.165) is 15.2 Å². The Morgan fingerprint density at radius 2 is 2.04 bits per heavy atom. The van der Waals surface area contributed by atoms with Crippen molar-refractivity contribution in [2.45, 2.75) is 26.4 Å². The molecule has 1 amide bonds. The Morgan fingerprint density at radius 1 is 1.30 bits per heavy atom. The molecule has 6 heteroatoms. The van der Waals surface area contributed by atoms with Crippen molar-refractivity contribution < 1.29 is 14.5 Å². The number of Topliss-reactive ketones (excluding diaryl/α,β-unsaturated/α-hetero) is 1. The fourth-order valence-corrected chi connectivity index (χ4v) is 3.74. The van der Waals surface area contributed by atoms with E-state index in [9.17, 15) is 9.59 Å². The molecule has 1 aromatic heterocycles. The molecule has 0 bridgehead atoms. The Balaban J connectivity index is 1.99. The van der Waals surface area contributed by atoms with Crippen LogP contribution < -0.4 is 10.2 Å². The van der Waals surface area contributed by atoms with E-state index >= 15 is 0 Å². The summed E-state index contributed by atoms with van der Waals surface area (Å²) >= 11 is 5.13. The third kappa shape index (κ3) is 4.99. The second kappa shape index (κ2) is 7.86. The molecule has 2 N–H and O–H groups in total. The molecule has 0 aliphatic heterocycles. The lowest BCUT2D eigenvalue weighted by atomic mass is 10.1. The van der Waals surface area contributed by atoms with Crippen LogP contribution >= 0.6 is 27.3 Å². The zero-order chi connectivity index (χ0) is 17.0. The molecular weight excluding hydrogens is 376 g/mol. The van der Waals surface area contributed by atoms with Crippen LogP contribution in [0.25, 0.3) is 0 Å². The number of carbonyl (C=O) groups excluding carboxylic acids is 2. The lowest BCUT2D eigenvalue weighted by molar-refractivity contribution is -0.907. The normalized spacial score (nSPS) is 13.4. The number of thiophene rings is 1. The number of nitrogens with one attached hydrogen (secondary N) is 2. The molecule has 0 saturated carbocycles. The Kier molecular flexibility index (Phi) is 6.10. The summed E-state index contributed by atoms with van der Waals surface area (Å²) in [6.45, 7) is 4.21. The number of benzene rings is 1. The van der Waals surface area contributed by atoms with Gasteiger partial charge in [-0.3, -0.25) is 9.59 Å². The average Bonchev–Trinajstić information content (AvgIpc) is 2.91. The molecular formula is C17H20BrN2O2S+. The van der Waals surface area contributed by atoms with Crippen LogP contribution in [0.1, 0.15) is 29.1 Å². The number of anilines is 1. The number of amides is 1. The lowest BCUT2D eigenvalue weighted by Crippen LogP contribution is -3.12. The van der Waals surface area contributed by atoms with E-state index < -0.39 is 0 Å². The number of ketones is 1. The van der Waals surface area contributed by atoms with Gasteiger partial charge in [-0.15, -0.1) is 11.3 Å². The average molecular weight is 396 g/mol. The molecule has 0 aliphatic carbocycles. The number of hydrogen-bond acceptors (Lipinski definition) is 3. The second-order valence-electron chi connectivity index (χ2n) is 5.58. The summed E-state index contributed by atoms with van der Waals surface area (Å²) in [5.74, 6) is -0.0704. The van der Waals surface area contributed by atoms with Crippen molar-refractivity contribution in [3.05, 3.63) is 50.6 Å². The zero-order valence-electron chi connectivity index (χ0n) is 13.4. The number of rotatable bonds is 6. The molecule has 122 valence electrons. The van der Waals surface area contributed by atoms with E-state index in [4.69, 9.17) is 0 Å². The van der Waals surface area contributed by atoms with Crippen molar-refractivity contribution in [3.63, 3.8) is 0 Å². The largest absolute Gasteiger partial charge is 0.323 e. The van der Waals surface area contributed by atoms with Gasteiger partial charge < -0.3 is 10.2 Å². The molecule has 0 saturated heterocycles. The van der Waals surface area contributed by atoms with Gasteiger partial charge in [-0.1, -0.05) is 12.1 Å². The van der Waals surface area contributed by atoms with Crippen LogP contribution in [0.15, 0.2) is 40.2 Å². The molecule has 0 spiro atoms. The highest BCUT2D eigenvalue weighted by Gasteiger charge is 2.22. The highest BCUT2D eigenvalue weighted by atomic mass is 79.9. The summed E-state index contributed by atoms with van der Waals surface area (Å²) in [6.07, 6.45) is 0. The Morgan fingerprint density at radius 3 is 2.65 bits per heavy atom. The highest BCUT2D eigenvalue weighted by molar-refractivity contribution is 9.11. The smallest absolute Gasteiger partial charge is 0.282 e. The number of likely N-dealkylation sites (N-methyl/N-ethyl adjacent to an activating group) is 1. The molecule has 1 unspecified atom stereocenters. The van der Waals surface area contributed by atoms with Gasteiger partial charge >= 0.3 is 0 Å². The van der Waals surface area contributed by atoms with Crippen LogP contribution in [0.5, 0.6) is 0 Å². The van der Waals surface area contributed by atoms with Crippen LogP contribution in [0.3, 0.4) is 0 Å². The molecule has 4 nitrogen and oxygen atoms in total. The minimum atomic E-state index is -0.197. The Hall–Kier alpha value is -1.50. The first-order valence-electron chi connectivity index (χ1n) is 7.35. The fraction of sp³-hybridized carbons (Fsp3) is 0.294. The Labute approximate surface area is 148 Å². The Bertz CT molecular complexity index is 714. The van der Waals surface area contributed by atoms with Crippen LogP contribution in [0.4, 0.5) is 5.69 Å². The maximum Gasteiger partial charge on any atom is 0.282 e. The molecule has 1 aromatic carbocycles. The van der Waals surface area contributed by atoms with E-state index in [1.807, 2.05) is 20.0 Å². The summed E-state index contributed by atoms with van der Waals surface area (Å²) < 4.78 is 1.10. The zero-order valence-corrected chi connectivity index (χ0v) is 15.8. The molecule has 2 aromatic rings. The van der Waals surface area contributed by atoms with E-state index in [1.54, 1.807) is 35.6 Å². The third-order valence-corrected chi connectivity index (χ3v) is 5.37. The molecule has 2 rings (SSSR count). The first-order valence-corrected chi connectivity index (χ1v) is 8.96. The topological polar surface area (TPSA) is 50.6 Å². The molecule has 1 heterocycles. The van der Waals surface area contributed by atoms with Gasteiger partial charge in [-0.05, 0) is 54.0 Å². The molecule has 2 atom stereocenters. The number of carbonyl (C=O) groups is 2. The first kappa shape index (κ1) is 17.8. The summed E-state index contributed by atoms with van der Waals surface area (Å²) in [5, 5.41) is 2.89. The maximum atomic E-state index is 12.4. The standard InChI is InChI=1S/C17H19BrN2O2S/c1-11(20(3)10-15-7-8-16(18)23-15)17(22)19-14-6-4-5-13(9-14)12(2)21/h4-9,11H,10H2,1-3H3,(H,19,22)/p+1/t11-/m0/s1.